The summed E-state index contributed by atoms with van der Waals surface area (Å²) in [7, 11) is 1.57. The molecule has 0 spiro atoms. The summed E-state index contributed by atoms with van der Waals surface area (Å²) < 4.78 is 36.4. The predicted molar refractivity (Wildman–Crippen MR) is 159 cm³/mol. The number of nitrogens with zero attached hydrogens (tertiary/aromatic N) is 1. The van der Waals surface area contributed by atoms with Crippen LogP contribution in [0.15, 0.2) is 90.5 Å². The second-order valence-corrected chi connectivity index (χ2v) is 9.35. The highest BCUT2D eigenvalue weighted by Crippen LogP contribution is 2.38. The summed E-state index contributed by atoms with van der Waals surface area (Å²) >= 11 is 6.57. The molecule has 0 fully saturated rings. The summed E-state index contributed by atoms with van der Waals surface area (Å²) in [6.45, 7) is 2.71. The first-order valence-corrected chi connectivity index (χ1v) is 13.4. The molecule has 0 aliphatic carbocycles. The summed E-state index contributed by atoms with van der Waals surface area (Å²) in [5.41, 5.74) is 2.49. The van der Waals surface area contributed by atoms with Gasteiger partial charge in [0.05, 0.1) is 18.7 Å². The predicted octanol–water partition coefficient (Wildman–Crippen LogP) is 7.59. The van der Waals surface area contributed by atoms with E-state index in [4.69, 9.17) is 30.5 Å². The molecule has 9 heteroatoms. The Morgan fingerprint density at radius 1 is 0.905 bits per heavy atom. The Hall–Kier alpha value is -5.00. The Bertz CT molecular complexity index is 1600. The van der Waals surface area contributed by atoms with Crippen molar-refractivity contribution < 1.29 is 28.1 Å². The Morgan fingerprint density at radius 2 is 1.64 bits per heavy atom. The molecule has 4 aromatic rings. The smallest absolute Gasteiger partial charge is 0.266 e. The number of ether oxygens (including phenoxy) is 4. The largest absolute Gasteiger partial charge is 0.493 e. The minimum absolute atomic E-state index is 0.161. The van der Waals surface area contributed by atoms with E-state index < -0.39 is 11.7 Å². The summed E-state index contributed by atoms with van der Waals surface area (Å²) in [4.78, 5) is 12.6. The molecule has 4 aromatic carbocycles. The number of rotatable bonds is 12. The molecule has 7 nitrogen and oxygen atoms in total. The van der Waals surface area contributed by atoms with Gasteiger partial charge in [-0.15, -0.1) is 0 Å². The van der Waals surface area contributed by atoms with Crippen LogP contribution in [0, 0.1) is 17.1 Å². The summed E-state index contributed by atoms with van der Waals surface area (Å²) in [5.74, 6) is 0.741. The van der Waals surface area contributed by atoms with Crippen molar-refractivity contribution in [2.45, 2.75) is 20.1 Å². The third kappa shape index (κ3) is 8.03. The van der Waals surface area contributed by atoms with Gasteiger partial charge in [0.15, 0.2) is 23.0 Å². The van der Waals surface area contributed by atoms with Crippen molar-refractivity contribution in [1.29, 1.82) is 5.26 Å². The van der Waals surface area contributed by atoms with Crippen molar-refractivity contribution >= 4 is 29.3 Å². The van der Waals surface area contributed by atoms with E-state index in [-0.39, 0.29) is 17.2 Å². The first-order valence-electron chi connectivity index (χ1n) is 13.0. The second-order valence-electron chi connectivity index (χ2n) is 8.94. The lowest BCUT2D eigenvalue weighted by atomic mass is 10.1. The number of methoxy groups -OCH3 is 1. The number of hydrogen-bond acceptors (Lipinski definition) is 6. The molecule has 0 radical (unpaired) electrons. The maximum absolute atomic E-state index is 13.2. The number of carbonyl (C=O) groups excluding carboxylic acids is 1. The van der Waals surface area contributed by atoms with Gasteiger partial charge in [0, 0.05) is 5.69 Å². The van der Waals surface area contributed by atoms with Crippen molar-refractivity contribution in [3.8, 4) is 29.1 Å². The summed E-state index contributed by atoms with van der Waals surface area (Å²) in [6.07, 6.45) is 1.38. The molecule has 0 saturated heterocycles. The quantitative estimate of drug-likeness (QED) is 0.136. The van der Waals surface area contributed by atoms with Gasteiger partial charge in [0.25, 0.3) is 5.91 Å². The molecule has 1 N–H and O–H groups in total. The number of hydrogen-bond donors (Lipinski definition) is 1. The van der Waals surface area contributed by atoms with Crippen LogP contribution < -0.4 is 24.3 Å². The van der Waals surface area contributed by atoms with Crippen LogP contribution in [0.3, 0.4) is 0 Å². The van der Waals surface area contributed by atoms with Crippen LogP contribution in [-0.4, -0.2) is 19.6 Å². The average Bonchev–Trinajstić information content (AvgIpc) is 3.00. The van der Waals surface area contributed by atoms with E-state index in [1.807, 2.05) is 61.5 Å². The number of halogens is 2. The van der Waals surface area contributed by atoms with E-state index >= 15 is 0 Å². The SMILES string of the molecule is CCOc1cc(/C=C(\C#N)C(=O)Nc2ccc(F)cc2)cc(Cl)c1OCc1ccc(OCc2ccccc2)c(OC)c1. The molecular formula is C33H28ClFN2O5. The number of carbonyl (C=O) groups is 1. The Balaban J connectivity index is 1.49. The van der Waals surface area contributed by atoms with Gasteiger partial charge in [-0.2, -0.15) is 5.26 Å². The average molecular weight is 587 g/mol. The monoisotopic (exact) mass is 586 g/mol. The zero-order chi connectivity index (χ0) is 29.9. The Morgan fingerprint density at radius 3 is 2.33 bits per heavy atom. The third-order valence-corrected chi connectivity index (χ3v) is 6.24. The fourth-order valence-electron chi connectivity index (χ4n) is 3.93. The highest BCUT2D eigenvalue weighted by atomic mass is 35.5. The molecule has 42 heavy (non-hydrogen) atoms. The minimum atomic E-state index is -0.649. The molecule has 0 saturated carbocycles. The number of benzene rings is 4. The molecule has 0 bridgehead atoms. The van der Waals surface area contributed by atoms with Gasteiger partial charge in [-0.1, -0.05) is 48.0 Å². The molecular weight excluding hydrogens is 559 g/mol. The standard InChI is InChI=1S/C33H28ClFN2O5/c1-3-40-31-18-24(15-25(19-36)33(38)37-27-12-10-26(35)11-13-27)16-28(34)32(31)42-21-23-9-14-29(30(17-23)39-2)41-20-22-7-5-4-6-8-22/h4-18H,3,20-21H2,1-2H3,(H,37,38)/b25-15+. The first kappa shape index (κ1) is 30.0. The molecule has 4 rings (SSSR count). The zero-order valence-electron chi connectivity index (χ0n) is 23.0. The molecule has 0 heterocycles. The minimum Gasteiger partial charge on any atom is -0.493 e. The van der Waals surface area contributed by atoms with E-state index in [1.54, 1.807) is 19.2 Å². The molecule has 1 amide bonds. The Kier molecular flexibility index (Phi) is 10.4. The normalized spacial score (nSPS) is 10.9. The van der Waals surface area contributed by atoms with E-state index in [2.05, 4.69) is 5.32 Å². The maximum atomic E-state index is 13.2. The highest BCUT2D eigenvalue weighted by Gasteiger charge is 2.16. The van der Waals surface area contributed by atoms with Crippen molar-refractivity contribution in [3.05, 3.63) is 118 Å². The van der Waals surface area contributed by atoms with E-state index in [0.29, 0.717) is 47.5 Å². The summed E-state index contributed by atoms with van der Waals surface area (Å²) in [6, 6.07) is 25.7. The van der Waals surface area contributed by atoms with Crippen molar-refractivity contribution in [2.24, 2.45) is 0 Å². The maximum Gasteiger partial charge on any atom is 0.266 e. The van der Waals surface area contributed by atoms with Gasteiger partial charge >= 0.3 is 0 Å². The van der Waals surface area contributed by atoms with E-state index in [0.717, 1.165) is 11.1 Å². The fraction of sp³-hybridized carbons (Fsp3) is 0.152. The van der Waals surface area contributed by atoms with E-state index in [1.165, 1.54) is 30.3 Å². The van der Waals surface area contributed by atoms with E-state index in [9.17, 15) is 14.4 Å². The van der Waals surface area contributed by atoms with Crippen molar-refractivity contribution in [2.75, 3.05) is 19.0 Å². The second kappa shape index (κ2) is 14.6. The molecule has 0 aromatic heterocycles. The van der Waals surface area contributed by atoms with Gasteiger partial charge in [-0.25, -0.2) is 4.39 Å². The lowest BCUT2D eigenvalue weighted by Crippen LogP contribution is -2.13. The topological polar surface area (TPSA) is 89.8 Å². The lowest BCUT2D eigenvalue weighted by Gasteiger charge is -2.16. The molecule has 0 atom stereocenters. The van der Waals surface area contributed by atoms with Crippen LogP contribution in [0.2, 0.25) is 5.02 Å². The molecule has 0 aliphatic rings. The van der Waals surface area contributed by atoms with Gasteiger partial charge in [0.2, 0.25) is 0 Å². The fourth-order valence-corrected chi connectivity index (χ4v) is 4.21. The Labute approximate surface area is 248 Å². The van der Waals surface area contributed by atoms with Gasteiger partial charge in [-0.3, -0.25) is 4.79 Å². The number of nitrogens with one attached hydrogen (secondary N) is 1. The molecule has 0 unspecified atom stereocenters. The lowest BCUT2D eigenvalue weighted by molar-refractivity contribution is -0.112. The van der Waals surface area contributed by atoms with Crippen LogP contribution in [0.4, 0.5) is 10.1 Å². The van der Waals surface area contributed by atoms with Crippen molar-refractivity contribution in [3.63, 3.8) is 0 Å². The van der Waals surface area contributed by atoms with Gasteiger partial charge in [0.1, 0.15) is 30.7 Å². The number of nitriles is 1. The number of amides is 1. The first-order chi connectivity index (χ1) is 20.4. The highest BCUT2D eigenvalue weighted by molar-refractivity contribution is 6.32. The molecule has 214 valence electrons. The zero-order valence-corrected chi connectivity index (χ0v) is 23.8. The van der Waals surface area contributed by atoms with Gasteiger partial charge < -0.3 is 24.3 Å². The number of anilines is 1. The van der Waals surface area contributed by atoms with Gasteiger partial charge in [-0.05, 0) is 78.2 Å². The van der Waals surface area contributed by atoms with Crippen LogP contribution >= 0.6 is 11.6 Å². The van der Waals surface area contributed by atoms with Crippen LogP contribution in [-0.2, 0) is 18.0 Å². The van der Waals surface area contributed by atoms with Crippen molar-refractivity contribution in [1.82, 2.24) is 0 Å². The van der Waals surface area contributed by atoms with Crippen LogP contribution in [0.5, 0.6) is 23.0 Å². The van der Waals surface area contributed by atoms with Crippen LogP contribution in [0.1, 0.15) is 23.6 Å². The van der Waals surface area contributed by atoms with Crippen LogP contribution in [0.25, 0.3) is 6.08 Å². The third-order valence-electron chi connectivity index (χ3n) is 5.96. The summed E-state index contributed by atoms with van der Waals surface area (Å²) in [5, 5.41) is 12.4. The molecule has 0 aliphatic heterocycles.